The topological polar surface area (TPSA) is 59.3 Å². The Morgan fingerprint density at radius 3 is 2.81 bits per heavy atom. The number of hydrazone groups is 1. The van der Waals surface area contributed by atoms with Gasteiger partial charge in [-0.3, -0.25) is 9.36 Å². The van der Waals surface area contributed by atoms with Crippen LogP contribution >= 0.6 is 0 Å². The third kappa shape index (κ3) is 3.48. The van der Waals surface area contributed by atoms with Crippen molar-refractivity contribution in [3.63, 3.8) is 0 Å². The van der Waals surface area contributed by atoms with Gasteiger partial charge in [0.1, 0.15) is 0 Å². The van der Waals surface area contributed by atoms with E-state index in [4.69, 9.17) is 0 Å². The lowest BCUT2D eigenvalue weighted by molar-refractivity contribution is 0.614. The van der Waals surface area contributed by atoms with Crippen LogP contribution in [0.4, 0.5) is 5.95 Å². The summed E-state index contributed by atoms with van der Waals surface area (Å²) >= 11 is 0. The molecule has 2 rings (SSSR count). The Hall–Kier alpha value is -2.17. The highest BCUT2D eigenvalue weighted by molar-refractivity contribution is 5.82. The predicted octanol–water partition coefficient (Wildman–Crippen LogP) is 3.39. The molecule has 1 heterocycles. The van der Waals surface area contributed by atoms with Crippen LogP contribution in [0.1, 0.15) is 40.0 Å². The van der Waals surface area contributed by atoms with E-state index < -0.39 is 0 Å². The Morgan fingerprint density at radius 1 is 1.33 bits per heavy atom. The highest BCUT2D eigenvalue weighted by Crippen LogP contribution is 2.12. The smallest absolute Gasteiger partial charge is 0.262 e. The summed E-state index contributed by atoms with van der Waals surface area (Å²) in [4.78, 5) is 17.1. The largest absolute Gasteiger partial charge is 0.277 e. The standard InChI is InChI=1S/C16H22N4O/c1-4-6-11-20-15(21)13-9-7-8-10-14(13)17-16(20)19-18-12(3)5-2/h7-10H,4-6,11H2,1-3H3,(H,17,19)/b18-12+. The van der Waals surface area contributed by atoms with Crippen molar-refractivity contribution in [2.24, 2.45) is 5.10 Å². The van der Waals surface area contributed by atoms with Crippen molar-refractivity contribution in [3.05, 3.63) is 34.6 Å². The summed E-state index contributed by atoms with van der Waals surface area (Å²) in [6.45, 7) is 6.74. The number of rotatable bonds is 6. The lowest BCUT2D eigenvalue weighted by atomic mass is 10.2. The second-order valence-corrected chi connectivity index (χ2v) is 5.08. The van der Waals surface area contributed by atoms with Gasteiger partial charge in [0, 0.05) is 12.3 Å². The number of nitrogens with one attached hydrogen (secondary N) is 1. The molecule has 0 saturated heterocycles. The molecule has 0 aliphatic carbocycles. The van der Waals surface area contributed by atoms with Gasteiger partial charge in [0.15, 0.2) is 0 Å². The van der Waals surface area contributed by atoms with Crippen molar-refractivity contribution in [1.29, 1.82) is 0 Å². The first kappa shape index (κ1) is 15.2. The third-order valence-electron chi connectivity index (χ3n) is 3.46. The first-order valence-corrected chi connectivity index (χ1v) is 7.46. The molecule has 5 nitrogen and oxygen atoms in total. The zero-order valence-corrected chi connectivity index (χ0v) is 12.9. The molecule has 21 heavy (non-hydrogen) atoms. The average Bonchev–Trinajstić information content (AvgIpc) is 2.52. The van der Waals surface area contributed by atoms with Gasteiger partial charge in [-0.25, -0.2) is 10.4 Å². The van der Waals surface area contributed by atoms with Crippen molar-refractivity contribution < 1.29 is 0 Å². The zero-order chi connectivity index (χ0) is 15.2. The number of unbranched alkanes of at least 4 members (excludes halogenated alkanes) is 1. The minimum Gasteiger partial charge on any atom is -0.277 e. The summed E-state index contributed by atoms with van der Waals surface area (Å²) in [6, 6.07) is 7.41. The van der Waals surface area contributed by atoms with Crippen LogP contribution in [0, 0.1) is 0 Å². The van der Waals surface area contributed by atoms with Crippen LogP contribution in [0.5, 0.6) is 0 Å². The highest BCUT2D eigenvalue weighted by Gasteiger charge is 2.09. The minimum atomic E-state index is -0.0131. The molecule has 0 bridgehead atoms. The van der Waals surface area contributed by atoms with Crippen molar-refractivity contribution >= 4 is 22.6 Å². The Balaban J connectivity index is 2.52. The first-order chi connectivity index (χ1) is 10.2. The van der Waals surface area contributed by atoms with Crippen molar-refractivity contribution in [2.75, 3.05) is 5.43 Å². The van der Waals surface area contributed by atoms with Crippen LogP contribution in [0.3, 0.4) is 0 Å². The predicted molar refractivity (Wildman–Crippen MR) is 87.9 cm³/mol. The number of fused-ring (bicyclic) bond motifs is 1. The second-order valence-electron chi connectivity index (χ2n) is 5.08. The molecular formula is C16H22N4O. The van der Waals surface area contributed by atoms with E-state index in [1.165, 1.54) is 0 Å². The van der Waals surface area contributed by atoms with Gasteiger partial charge in [0.05, 0.1) is 10.9 Å². The van der Waals surface area contributed by atoms with E-state index in [0.717, 1.165) is 25.0 Å². The fourth-order valence-electron chi connectivity index (χ4n) is 2.00. The van der Waals surface area contributed by atoms with Crippen LogP contribution in [0.25, 0.3) is 10.9 Å². The molecule has 0 aliphatic heterocycles. The van der Waals surface area contributed by atoms with E-state index in [1.54, 1.807) is 4.57 Å². The molecule has 0 saturated carbocycles. The normalized spacial score (nSPS) is 11.9. The number of para-hydroxylation sites is 1. The lowest BCUT2D eigenvalue weighted by Gasteiger charge is -2.12. The summed E-state index contributed by atoms with van der Waals surface area (Å²) < 4.78 is 1.68. The molecule has 0 unspecified atom stereocenters. The van der Waals surface area contributed by atoms with Crippen molar-refractivity contribution in [2.45, 2.75) is 46.6 Å². The van der Waals surface area contributed by atoms with Gasteiger partial charge >= 0.3 is 0 Å². The van der Waals surface area contributed by atoms with Crippen LogP contribution in [0.15, 0.2) is 34.2 Å². The summed E-state index contributed by atoms with van der Waals surface area (Å²) in [5.74, 6) is 0.514. The van der Waals surface area contributed by atoms with Gasteiger partial charge in [-0.15, -0.1) is 0 Å². The molecule has 1 aromatic carbocycles. The van der Waals surface area contributed by atoms with Crippen LogP contribution in [-0.4, -0.2) is 15.3 Å². The number of hydrogen-bond acceptors (Lipinski definition) is 4. The van der Waals surface area contributed by atoms with Gasteiger partial charge in [-0.05, 0) is 31.9 Å². The summed E-state index contributed by atoms with van der Waals surface area (Å²) in [5.41, 5.74) is 4.60. The molecular weight excluding hydrogens is 264 g/mol. The molecule has 1 aromatic heterocycles. The monoisotopic (exact) mass is 286 g/mol. The average molecular weight is 286 g/mol. The Kier molecular flexibility index (Phi) is 5.09. The molecule has 0 fully saturated rings. The second kappa shape index (κ2) is 7.02. The maximum atomic E-state index is 12.6. The fraction of sp³-hybridized carbons (Fsp3) is 0.438. The maximum absolute atomic E-state index is 12.6. The Bertz CT molecular complexity index is 703. The molecule has 0 aliphatic rings. The van der Waals surface area contributed by atoms with E-state index >= 15 is 0 Å². The van der Waals surface area contributed by atoms with Crippen molar-refractivity contribution in [3.8, 4) is 0 Å². The van der Waals surface area contributed by atoms with Gasteiger partial charge in [-0.2, -0.15) is 5.10 Å². The van der Waals surface area contributed by atoms with E-state index in [1.807, 2.05) is 38.1 Å². The maximum Gasteiger partial charge on any atom is 0.262 e. The molecule has 1 N–H and O–H groups in total. The van der Waals surface area contributed by atoms with Crippen LogP contribution in [0.2, 0.25) is 0 Å². The number of anilines is 1. The van der Waals surface area contributed by atoms with Gasteiger partial charge in [-0.1, -0.05) is 32.4 Å². The summed E-state index contributed by atoms with van der Waals surface area (Å²) in [5, 5.41) is 4.92. The van der Waals surface area contributed by atoms with E-state index in [9.17, 15) is 4.79 Å². The van der Waals surface area contributed by atoms with Gasteiger partial charge in [0.25, 0.3) is 5.56 Å². The van der Waals surface area contributed by atoms with Crippen LogP contribution in [-0.2, 0) is 6.54 Å². The first-order valence-electron chi connectivity index (χ1n) is 7.46. The number of nitrogens with zero attached hydrogens (tertiary/aromatic N) is 3. The number of benzene rings is 1. The molecule has 0 radical (unpaired) electrons. The van der Waals surface area contributed by atoms with Gasteiger partial charge in [0.2, 0.25) is 5.95 Å². The number of aromatic nitrogens is 2. The van der Waals surface area contributed by atoms with Crippen molar-refractivity contribution in [1.82, 2.24) is 9.55 Å². The van der Waals surface area contributed by atoms with Gasteiger partial charge < -0.3 is 0 Å². The van der Waals surface area contributed by atoms with E-state index in [2.05, 4.69) is 22.4 Å². The van der Waals surface area contributed by atoms with E-state index in [-0.39, 0.29) is 5.56 Å². The quantitative estimate of drug-likeness (QED) is 0.654. The Labute approximate surface area is 124 Å². The lowest BCUT2D eigenvalue weighted by Crippen LogP contribution is -2.24. The molecule has 0 spiro atoms. The molecule has 2 aromatic rings. The fourth-order valence-corrected chi connectivity index (χ4v) is 2.00. The van der Waals surface area contributed by atoms with Crippen LogP contribution < -0.4 is 11.0 Å². The molecule has 5 heteroatoms. The minimum absolute atomic E-state index is 0.0131. The third-order valence-corrected chi connectivity index (χ3v) is 3.46. The number of hydrogen-bond donors (Lipinski definition) is 1. The Morgan fingerprint density at radius 2 is 2.10 bits per heavy atom. The molecule has 0 atom stereocenters. The van der Waals surface area contributed by atoms with E-state index in [0.29, 0.717) is 23.4 Å². The SMILES string of the molecule is CCCCn1c(N/N=C(\C)CC)nc2ccccc2c1=O. The molecule has 0 amide bonds. The summed E-state index contributed by atoms with van der Waals surface area (Å²) in [7, 11) is 0. The highest BCUT2D eigenvalue weighted by atomic mass is 16.1. The zero-order valence-electron chi connectivity index (χ0n) is 12.9. The summed E-state index contributed by atoms with van der Waals surface area (Å²) in [6.07, 6.45) is 2.82. The molecule has 112 valence electrons.